The second kappa shape index (κ2) is 2.97. The molecule has 0 fully saturated rings. The van der Waals surface area contributed by atoms with E-state index in [9.17, 15) is 4.57 Å². The third-order valence-corrected chi connectivity index (χ3v) is 1.04. The van der Waals surface area contributed by atoms with Gasteiger partial charge in [-0.3, -0.25) is 5.43 Å². The Hall–Kier alpha value is -0.950. The Morgan fingerprint density at radius 2 is 2.36 bits per heavy atom. The van der Waals surface area contributed by atoms with Crippen molar-refractivity contribution < 1.29 is 19.0 Å². The predicted octanol–water partition coefficient (Wildman–Crippen LogP) is -0.331. The van der Waals surface area contributed by atoms with Crippen molar-refractivity contribution in [3.8, 4) is 0 Å². The van der Waals surface area contributed by atoms with E-state index in [1.54, 1.807) is 0 Å². The van der Waals surface area contributed by atoms with Crippen molar-refractivity contribution in [2.75, 3.05) is 0 Å². The van der Waals surface area contributed by atoms with E-state index in [-0.39, 0.29) is 0 Å². The highest BCUT2D eigenvalue weighted by molar-refractivity contribution is 7.46. The molecule has 0 unspecified atom stereocenters. The van der Waals surface area contributed by atoms with Crippen molar-refractivity contribution >= 4 is 7.82 Å². The van der Waals surface area contributed by atoms with E-state index in [1.165, 1.54) is 6.20 Å². The number of rotatable bonds is 2. The predicted molar refractivity (Wildman–Crippen MR) is 32.1 cm³/mol. The molecule has 9 heteroatoms. The van der Waals surface area contributed by atoms with E-state index in [1.807, 2.05) is 0 Å². The van der Waals surface area contributed by atoms with Crippen LogP contribution in [-0.2, 0) is 9.19 Å². The Labute approximate surface area is 61.3 Å². The lowest BCUT2D eigenvalue weighted by molar-refractivity contribution is -0.0469. The van der Waals surface area contributed by atoms with Crippen LogP contribution >= 0.6 is 7.82 Å². The van der Waals surface area contributed by atoms with Gasteiger partial charge >= 0.3 is 7.82 Å². The van der Waals surface area contributed by atoms with Crippen LogP contribution in [0.1, 0.15) is 0 Å². The molecule has 1 rings (SSSR count). The van der Waals surface area contributed by atoms with Gasteiger partial charge in [0, 0.05) is 6.20 Å². The number of nitrogens with zero attached hydrogens (tertiary/aromatic N) is 3. The molecule has 0 amide bonds. The first kappa shape index (κ1) is 8.15. The minimum atomic E-state index is -4.54. The number of hydrogen-bond donors (Lipinski definition) is 3. The van der Waals surface area contributed by atoms with Gasteiger partial charge in [-0.25, -0.2) is 4.57 Å². The molecule has 0 aromatic carbocycles. The van der Waals surface area contributed by atoms with Crippen LogP contribution in [0, 0.1) is 0 Å². The highest BCUT2D eigenvalue weighted by atomic mass is 31.2. The molecule has 0 bridgehead atoms. The van der Waals surface area contributed by atoms with Gasteiger partial charge in [-0.15, -0.1) is 9.80 Å². The zero-order valence-electron chi connectivity index (χ0n) is 5.15. The van der Waals surface area contributed by atoms with Crippen molar-refractivity contribution in [3.05, 3.63) is 12.4 Å². The maximum atomic E-state index is 10.2. The highest BCUT2D eigenvalue weighted by Gasteiger charge is 2.19. The van der Waals surface area contributed by atoms with Crippen LogP contribution in [-0.4, -0.2) is 15.0 Å². The Balaban J connectivity index is 2.49. The topological polar surface area (TPSA) is 107 Å². The summed E-state index contributed by atoms with van der Waals surface area (Å²) in [6, 6.07) is 0. The molecular formula is C2H5N4O4P. The molecule has 0 radical (unpaired) electrons. The fourth-order valence-corrected chi connectivity index (χ4v) is 0.688. The zero-order valence-corrected chi connectivity index (χ0v) is 6.05. The second-order valence-corrected chi connectivity index (χ2v) is 2.65. The third kappa shape index (κ3) is 3.10. The Kier molecular flexibility index (Phi) is 2.20. The maximum absolute atomic E-state index is 10.2. The monoisotopic (exact) mass is 180 g/mol. The van der Waals surface area contributed by atoms with Gasteiger partial charge in [0.1, 0.15) is 0 Å². The Morgan fingerprint density at radius 1 is 1.64 bits per heavy atom. The minimum Gasteiger partial charge on any atom is -0.301 e. The molecule has 0 atom stereocenters. The summed E-state index contributed by atoms with van der Waals surface area (Å²) in [7, 11) is -4.54. The summed E-state index contributed by atoms with van der Waals surface area (Å²) in [5.74, 6) is 0. The Morgan fingerprint density at radius 3 is 2.82 bits per heavy atom. The number of nitrogens with one attached hydrogen (secondary N) is 1. The van der Waals surface area contributed by atoms with Gasteiger partial charge in [0.15, 0.2) is 0 Å². The van der Waals surface area contributed by atoms with E-state index in [0.29, 0.717) is 5.17 Å². The fourth-order valence-electron chi connectivity index (χ4n) is 0.383. The molecule has 0 saturated carbocycles. The summed E-state index contributed by atoms with van der Waals surface area (Å²) in [6.45, 7) is 0. The van der Waals surface area contributed by atoms with Crippen LogP contribution in [0.4, 0.5) is 0 Å². The molecule has 1 aliphatic heterocycles. The van der Waals surface area contributed by atoms with E-state index in [4.69, 9.17) is 9.79 Å². The first-order chi connectivity index (χ1) is 5.08. The molecule has 62 valence electrons. The van der Waals surface area contributed by atoms with Crippen molar-refractivity contribution in [3.63, 3.8) is 0 Å². The number of phosphoric acid groups is 1. The number of hydroxylamine groups is 1. The summed E-state index contributed by atoms with van der Waals surface area (Å²) in [4.78, 5) is 16.5. The molecule has 1 heterocycles. The first-order valence-corrected chi connectivity index (χ1v) is 3.98. The van der Waals surface area contributed by atoms with E-state index in [2.05, 4.69) is 20.5 Å². The third-order valence-electron chi connectivity index (χ3n) is 0.657. The lowest BCUT2D eigenvalue weighted by atomic mass is 10.9. The zero-order chi connectivity index (χ0) is 8.32. The summed E-state index contributed by atoms with van der Waals surface area (Å²) >= 11 is 0. The summed E-state index contributed by atoms with van der Waals surface area (Å²) in [6.07, 6.45) is 2.45. The SMILES string of the molecule is O=P(O)(O)ON1C=CNN=N1. The molecule has 0 aromatic rings. The molecule has 0 spiro atoms. The van der Waals surface area contributed by atoms with Crippen LogP contribution in [0.5, 0.6) is 0 Å². The molecule has 3 N–H and O–H groups in total. The number of hydrogen-bond acceptors (Lipinski definition) is 6. The molecule has 11 heavy (non-hydrogen) atoms. The molecule has 0 saturated heterocycles. The van der Waals surface area contributed by atoms with E-state index >= 15 is 0 Å². The average Bonchev–Trinajstić information content (AvgIpc) is 1.85. The highest BCUT2D eigenvalue weighted by Crippen LogP contribution is 2.37. The summed E-state index contributed by atoms with van der Waals surface area (Å²) in [5, 5.41) is 6.90. The summed E-state index contributed by atoms with van der Waals surface area (Å²) < 4.78 is 14.2. The molecule has 1 aliphatic rings. The lowest BCUT2D eigenvalue weighted by Gasteiger charge is -2.13. The second-order valence-electron chi connectivity index (χ2n) is 1.51. The van der Waals surface area contributed by atoms with Gasteiger partial charge in [0.05, 0.1) is 6.20 Å². The van der Waals surface area contributed by atoms with Gasteiger partial charge in [-0.2, -0.15) is 0 Å². The van der Waals surface area contributed by atoms with Crippen molar-refractivity contribution in [2.24, 2.45) is 10.4 Å². The standard InChI is InChI=1S/C2H5N4O4P/c7-11(8,9)10-6-2-1-3-4-5-6/h1-2H,(H,3,5)(H2,7,8,9). The smallest absolute Gasteiger partial charge is 0.301 e. The lowest BCUT2D eigenvalue weighted by Crippen LogP contribution is -2.14. The van der Waals surface area contributed by atoms with Crippen LogP contribution in [0.15, 0.2) is 22.8 Å². The van der Waals surface area contributed by atoms with Gasteiger partial charge in [0.2, 0.25) is 0 Å². The minimum absolute atomic E-state index is 0.553. The largest absolute Gasteiger partial charge is 0.492 e. The summed E-state index contributed by atoms with van der Waals surface area (Å²) in [5.41, 5.74) is 2.30. The van der Waals surface area contributed by atoms with Gasteiger partial charge in [-0.1, -0.05) is 0 Å². The molecule has 0 aliphatic carbocycles. The van der Waals surface area contributed by atoms with Gasteiger partial charge in [-0.05, 0) is 10.4 Å². The first-order valence-electron chi connectivity index (χ1n) is 2.45. The van der Waals surface area contributed by atoms with Crippen molar-refractivity contribution in [2.45, 2.75) is 0 Å². The van der Waals surface area contributed by atoms with Crippen molar-refractivity contribution in [1.82, 2.24) is 10.6 Å². The van der Waals surface area contributed by atoms with Crippen LogP contribution in [0.2, 0.25) is 0 Å². The molecule has 8 nitrogen and oxygen atoms in total. The molecule has 0 aromatic heterocycles. The van der Waals surface area contributed by atoms with Gasteiger partial charge < -0.3 is 9.79 Å². The average molecular weight is 180 g/mol. The normalized spacial score (nSPS) is 16.7. The fraction of sp³-hybridized carbons (Fsp3) is 0. The van der Waals surface area contributed by atoms with Crippen LogP contribution < -0.4 is 5.43 Å². The Bertz CT molecular complexity index is 220. The van der Waals surface area contributed by atoms with Crippen molar-refractivity contribution in [1.29, 1.82) is 0 Å². The quantitative estimate of drug-likeness (QED) is 0.502. The maximum Gasteiger partial charge on any atom is 0.492 e. The van der Waals surface area contributed by atoms with Crippen LogP contribution in [0.25, 0.3) is 0 Å². The van der Waals surface area contributed by atoms with E-state index in [0.717, 1.165) is 6.20 Å². The molecular weight excluding hydrogens is 175 g/mol. The van der Waals surface area contributed by atoms with E-state index < -0.39 is 7.82 Å². The van der Waals surface area contributed by atoms with Crippen LogP contribution in [0.3, 0.4) is 0 Å². The van der Waals surface area contributed by atoms with Gasteiger partial charge in [0.25, 0.3) is 0 Å².